The van der Waals surface area contributed by atoms with E-state index in [1.54, 1.807) is 44.2 Å². The Bertz CT molecular complexity index is 1210. The summed E-state index contributed by atoms with van der Waals surface area (Å²) in [6.45, 7) is 5.32. The first-order chi connectivity index (χ1) is 15.1. The van der Waals surface area contributed by atoms with Crippen molar-refractivity contribution in [2.24, 2.45) is 0 Å². The zero-order chi connectivity index (χ0) is 23.5. The molecule has 0 spiro atoms. The second-order valence-corrected chi connectivity index (χ2v) is 9.56. The first-order valence-electron chi connectivity index (χ1n) is 10.1. The molecule has 0 unspecified atom stereocenters. The van der Waals surface area contributed by atoms with Crippen molar-refractivity contribution >= 4 is 27.6 Å². The lowest BCUT2D eigenvalue weighted by Crippen LogP contribution is -2.20. The van der Waals surface area contributed by atoms with Crippen LogP contribution in [0.2, 0.25) is 0 Å². The predicted molar refractivity (Wildman–Crippen MR) is 126 cm³/mol. The topological polar surface area (TPSA) is 156 Å². The van der Waals surface area contributed by atoms with Gasteiger partial charge in [0.05, 0.1) is 17.4 Å². The lowest BCUT2D eigenvalue weighted by Gasteiger charge is -2.19. The third kappa shape index (κ3) is 5.20. The van der Waals surface area contributed by atoms with Crippen molar-refractivity contribution in [3.8, 4) is 22.6 Å². The molecular weight excluding hydrogens is 430 g/mol. The van der Waals surface area contributed by atoms with E-state index in [2.05, 4.69) is 9.97 Å². The number of ether oxygens (including phenoxy) is 1. The van der Waals surface area contributed by atoms with Gasteiger partial charge in [0.15, 0.2) is 5.75 Å². The van der Waals surface area contributed by atoms with Gasteiger partial charge in [-0.25, -0.2) is 4.98 Å². The Labute approximate surface area is 187 Å². The minimum absolute atomic E-state index is 0.0759. The molecule has 0 aliphatic heterocycles. The fraction of sp³-hybridized carbons (Fsp3) is 0.273. The van der Waals surface area contributed by atoms with Gasteiger partial charge in [0.25, 0.3) is 0 Å². The van der Waals surface area contributed by atoms with Gasteiger partial charge in [-0.1, -0.05) is 12.1 Å². The van der Waals surface area contributed by atoms with Gasteiger partial charge in [-0.3, -0.25) is 0 Å². The third-order valence-corrected chi connectivity index (χ3v) is 6.29. The highest BCUT2D eigenvalue weighted by Crippen LogP contribution is 2.41. The molecule has 3 rings (SSSR count). The standard InChI is InChI=1S/C22H27N5O4S/c1-4-30-18-10-14(9-16-12-26-22(25)27-21(16)24)11-19(31-32(28,29)13(2)3)20(18)15-5-7-17(23)8-6-15/h5-8,10-13H,4,9,23H2,1-3H3,(H4,24,25,26,27). The summed E-state index contributed by atoms with van der Waals surface area (Å²) >= 11 is 0. The Hall–Kier alpha value is -3.53. The summed E-state index contributed by atoms with van der Waals surface area (Å²) in [5.74, 6) is 0.945. The normalized spacial score (nSPS) is 11.5. The molecule has 3 aromatic rings. The van der Waals surface area contributed by atoms with E-state index in [4.69, 9.17) is 26.1 Å². The molecule has 2 aromatic carbocycles. The highest BCUT2D eigenvalue weighted by Gasteiger charge is 2.24. The molecule has 0 amide bonds. The van der Waals surface area contributed by atoms with Gasteiger partial charge in [-0.2, -0.15) is 13.4 Å². The largest absolute Gasteiger partial charge is 0.493 e. The Morgan fingerprint density at radius 3 is 2.28 bits per heavy atom. The lowest BCUT2D eigenvalue weighted by atomic mass is 9.98. The molecule has 170 valence electrons. The molecule has 0 radical (unpaired) electrons. The van der Waals surface area contributed by atoms with E-state index in [1.807, 2.05) is 13.0 Å². The van der Waals surface area contributed by atoms with Gasteiger partial charge in [-0.05, 0) is 56.2 Å². The molecule has 1 heterocycles. The van der Waals surface area contributed by atoms with Crippen molar-refractivity contribution in [1.82, 2.24) is 9.97 Å². The van der Waals surface area contributed by atoms with Crippen LogP contribution in [-0.4, -0.2) is 30.2 Å². The van der Waals surface area contributed by atoms with Gasteiger partial charge in [0, 0.05) is 23.9 Å². The van der Waals surface area contributed by atoms with E-state index in [0.717, 1.165) is 0 Å². The summed E-state index contributed by atoms with van der Waals surface area (Å²) < 4.78 is 36.7. The Balaban J connectivity index is 2.19. The van der Waals surface area contributed by atoms with Gasteiger partial charge >= 0.3 is 10.1 Å². The summed E-state index contributed by atoms with van der Waals surface area (Å²) in [5.41, 5.74) is 20.5. The molecule has 6 N–H and O–H groups in total. The van der Waals surface area contributed by atoms with Crippen molar-refractivity contribution in [3.63, 3.8) is 0 Å². The van der Waals surface area contributed by atoms with Crippen molar-refractivity contribution in [3.05, 3.63) is 53.7 Å². The van der Waals surface area contributed by atoms with Crippen molar-refractivity contribution in [2.45, 2.75) is 32.4 Å². The average molecular weight is 458 g/mol. The van der Waals surface area contributed by atoms with E-state index in [1.165, 1.54) is 6.20 Å². The number of rotatable bonds is 8. The molecular formula is C22H27N5O4S. The van der Waals surface area contributed by atoms with E-state index in [-0.39, 0.29) is 17.5 Å². The fourth-order valence-corrected chi connectivity index (χ4v) is 3.60. The number of nitrogens with zero attached hydrogens (tertiary/aromatic N) is 2. The van der Waals surface area contributed by atoms with E-state index in [0.29, 0.717) is 46.7 Å². The van der Waals surface area contributed by atoms with Crippen LogP contribution in [0.25, 0.3) is 11.1 Å². The van der Waals surface area contributed by atoms with Crippen molar-refractivity contribution in [2.75, 3.05) is 23.8 Å². The molecule has 0 saturated carbocycles. The van der Waals surface area contributed by atoms with Crippen LogP contribution in [0.15, 0.2) is 42.6 Å². The third-order valence-electron chi connectivity index (χ3n) is 4.72. The van der Waals surface area contributed by atoms with Crippen LogP contribution >= 0.6 is 0 Å². The minimum Gasteiger partial charge on any atom is -0.493 e. The first-order valence-corrected chi connectivity index (χ1v) is 11.5. The molecule has 0 aliphatic carbocycles. The lowest BCUT2D eigenvalue weighted by molar-refractivity contribution is 0.340. The average Bonchev–Trinajstić information content (AvgIpc) is 2.71. The first kappa shape index (κ1) is 23.1. The molecule has 9 nitrogen and oxygen atoms in total. The van der Waals surface area contributed by atoms with Gasteiger partial charge in [0.2, 0.25) is 5.95 Å². The molecule has 0 bridgehead atoms. The number of hydrogen-bond donors (Lipinski definition) is 3. The zero-order valence-corrected chi connectivity index (χ0v) is 19.0. The smallest absolute Gasteiger partial charge is 0.311 e. The Morgan fingerprint density at radius 2 is 1.69 bits per heavy atom. The molecule has 0 saturated heterocycles. The highest BCUT2D eigenvalue weighted by atomic mass is 32.2. The van der Waals surface area contributed by atoms with Crippen LogP contribution in [0.5, 0.6) is 11.5 Å². The summed E-state index contributed by atoms with van der Waals surface area (Å²) in [6.07, 6.45) is 1.86. The quantitative estimate of drug-likeness (QED) is 0.342. The van der Waals surface area contributed by atoms with Crippen molar-refractivity contribution in [1.29, 1.82) is 0 Å². The number of anilines is 3. The van der Waals surface area contributed by atoms with Gasteiger partial charge < -0.3 is 26.1 Å². The Morgan fingerprint density at radius 1 is 1.03 bits per heavy atom. The van der Waals surface area contributed by atoms with Crippen LogP contribution in [0, 0.1) is 0 Å². The van der Waals surface area contributed by atoms with Crippen LogP contribution in [0.1, 0.15) is 31.9 Å². The monoisotopic (exact) mass is 457 g/mol. The van der Waals surface area contributed by atoms with Crippen LogP contribution in [0.4, 0.5) is 17.5 Å². The summed E-state index contributed by atoms with van der Waals surface area (Å²) in [4.78, 5) is 7.97. The minimum atomic E-state index is -3.87. The molecule has 1 aromatic heterocycles. The van der Waals surface area contributed by atoms with Crippen LogP contribution in [-0.2, 0) is 16.5 Å². The van der Waals surface area contributed by atoms with Gasteiger partial charge in [-0.15, -0.1) is 0 Å². The van der Waals surface area contributed by atoms with Crippen LogP contribution in [0.3, 0.4) is 0 Å². The number of benzene rings is 2. The molecule has 0 aliphatic rings. The van der Waals surface area contributed by atoms with E-state index < -0.39 is 15.4 Å². The molecule has 32 heavy (non-hydrogen) atoms. The second kappa shape index (κ2) is 9.31. The maximum absolute atomic E-state index is 12.6. The number of nitrogens with two attached hydrogens (primary N) is 3. The van der Waals surface area contributed by atoms with E-state index in [9.17, 15) is 8.42 Å². The fourth-order valence-electron chi connectivity index (χ4n) is 3.03. The van der Waals surface area contributed by atoms with E-state index >= 15 is 0 Å². The molecule has 0 atom stereocenters. The summed E-state index contributed by atoms with van der Waals surface area (Å²) in [5, 5.41) is -0.734. The predicted octanol–water partition coefficient (Wildman–Crippen LogP) is 3.00. The highest BCUT2D eigenvalue weighted by molar-refractivity contribution is 7.87. The van der Waals surface area contributed by atoms with Crippen molar-refractivity contribution < 1.29 is 17.3 Å². The molecule has 10 heteroatoms. The maximum atomic E-state index is 12.6. The molecule has 0 fully saturated rings. The summed E-state index contributed by atoms with van der Waals surface area (Å²) in [7, 11) is -3.87. The maximum Gasteiger partial charge on any atom is 0.311 e. The SMILES string of the molecule is CCOc1cc(Cc2cnc(N)nc2N)cc(OS(=O)(=O)C(C)C)c1-c1ccc(N)cc1. The number of hydrogen-bond acceptors (Lipinski definition) is 9. The van der Waals surface area contributed by atoms with Crippen LogP contribution < -0.4 is 26.1 Å². The number of nitrogen functional groups attached to an aromatic ring is 3. The second-order valence-electron chi connectivity index (χ2n) is 7.46. The zero-order valence-electron chi connectivity index (χ0n) is 18.2. The number of aromatic nitrogens is 2. The Kier molecular flexibility index (Phi) is 6.73. The van der Waals surface area contributed by atoms with Gasteiger partial charge in [0.1, 0.15) is 11.6 Å². The summed E-state index contributed by atoms with van der Waals surface area (Å²) in [6, 6.07) is 10.5.